The van der Waals surface area contributed by atoms with Crippen LogP contribution >= 0.6 is 11.6 Å². The number of halogens is 1. The van der Waals surface area contributed by atoms with Crippen LogP contribution in [-0.2, 0) is 22.6 Å². The molecule has 1 N–H and O–H groups in total. The van der Waals surface area contributed by atoms with E-state index in [1.807, 2.05) is 55.5 Å². The van der Waals surface area contributed by atoms with Gasteiger partial charge in [0.15, 0.2) is 6.61 Å². The van der Waals surface area contributed by atoms with Gasteiger partial charge in [0.1, 0.15) is 11.8 Å². The summed E-state index contributed by atoms with van der Waals surface area (Å²) in [5.41, 5.74) is 3.08. The lowest BCUT2D eigenvalue weighted by Crippen LogP contribution is -2.53. The van der Waals surface area contributed by atoms with Gasteiger partial charge < -0.3 is 15.0 Å². The molecule has 0 bridgehead atoms. The fraction of sp³-hybridized carbons (Fsp3) is 0.355. The number of ether oxygens (including phenoxy) is 1. The minimum atomic E-state index is -0.666. The van der Waals surface area contributed by atoms with E-state index in [1.54, 1.807) is 29.2 Å². The molecule has 0 aliphatic heterocycles. The minimum Gasteiger partial charge on any atom is -0.484 e. The van der Waals surface area contributed by atoms with Gasteiger partial charge in [-0.3, -0.25) is 9.59 Å². The highest BCUT2D eigenvalue weighted by atomic mass is 35.5. The van der Waals surface area contributed by atoms with Crippen molar-refractivity contribution < 1.29 is 14.3 Å². The van der Waals surface area contributed by atoms with E-state index in [0.29, 0.717) is 23.7 Å². The van der Waals surface area contributed by atoms with Crippen molar-refractivity contribution in [2.45, 2.75) is 64.1 Å². The second-order valence-electron chi connectivity index (χ2n) is 9.81. The van der Waals surface area contributed by atoms with Crippen LogP contribution in [0.25, 0.3) is 0 Å². The number of rotatable bonds is 10. The molecule has 3 aromatic carbocycles. The highest BCUT2D eigenvalue weighted by molar-refractivity contribution is 6.30. The van der Waals surface area contributed by atoms with Gasteiger partial charge >= 0.3 is 0 Å². The number of aryl methyl sites for hydroxylation is 1. The highest BCUT2D eigenvalue weighted by Gasteiger charge is 2.32. The average molecular weight is 519 g/mol. The van der Waals surface area contributed by atoms with Crippen molar-refractivity contribution in [2.75, 3.05) is 6.61 Å². The van der Waals surface area contributed by atoms with Crippen LogP contribution in [0, 0.1) is 6.92 Å². The zero-order valence-corrected chi connectivity index (χ0v) is 22.1. The topological polar surface area (TPSA) is 58.6 Å². The van der Waals surface area contributed by atoms with E-state index in [9.17, 15) is 9.59 Å². The monoisotopic (exact) mass is 518 g/mol. The smallest absolute Gasteiger partial charge is 0.261 e. The Kier molecular flexibility index (Phi) is 9.61. The Hall–Kier alpha value is -3.31. The largest absolute Gasteiger partial charge is 0.484 e. The lowest BCUT2D eigenvalue weighted by atomic mass is 9.94. The van der Waals surface area contributed by atoms with E-state index in [1.165, 1.54) is 6.42 Å². The Morgan fingerprint density at radius 1 is 0.946 bits per heavy atom. The van der Waals surface area contributed by atoms with E-state index >= 15 is 0 Å². The second-order valence-corrected chi connectivity index (χ2v) is 10.2. The Morgan fingerprint density at radius 2 is 1.68 bits per heavy atom. The SMILES string of the molecule is Cc1cccc(CN(C(=O)COc2cccc(Cl)c2)C(Cc2ccccc2)C(=O)NC2CCCCC2)c1. The fourth-order valence-corrected chi connectivity index (χ4v) is 5.07. The van der Waals surface area contributed by atoms with Gasteiger partial charge in [0, 0.05) is 24.0 Å². The molecule has 4 rings (SSSR count). The number of hydrogen-bond acceptors (Lipinski definition) is 3. The van der Waals surface area contributed by atoms with Crippen molar-refractivity contribution in [1.82, 2.24) is 10.2 Å². The molecular formula is C31H35ClN2O3. The third kappa shape index (κ3) is 8.09. The maximum atomic E-state index is 13.8. The van der Waals surface area contributed by atoms with Gasteiger partial charge in [0.25, 0.3) is 5.91 Å². The molecule has 1 unspecified atom stereocenters. The van der Waals surface area contributed by atoms with E-state index in [2.05, 4.69) is 11.4 Å². The number of carbonyl (C=O) groups excluding carboxylic acids is 2. The minimum absolute atomic E-state index is 0.112. The van der Waals surface area contributed by atoms with E-state index in [-0.39, 0.29) is 24.5 Å². The summed E-state index contributed by atoms with van der Waals surface area (Å²) >= 11 is 6.09. The molecule has 0 saturated heterocycles. The zero-order valence-electron chi connectivity index (χ0n) is 21.4. The van der Waals surface area contributed by atoms with Gasteiger partial charge in [-0.05, 0) is 49.1 Å². The fourth-order valence-electron chi connectivity index (χ4n) is 4.89. The molecule has 0 heterocycles. The first-order chi connectivity index (χ1) is 18.0. The van der Waals surface area contributed by atoms with Crippen LogP contribution in [0.1, 0.15) is 48.8 Å². The number of nitrogens with zero attached hydrogens (tertiary/aromatic N) is 1. The Labute approximate surface area is 224 Å². The number of amides is 2. The van der Waals surface area contributed by atoms with E-state index < -0.39 is 6.04 Å². The third-order valence-corrected chi connectivity index (χ3v) is 7.05. The molecule has 6 heteroatoms. The predicted octanol–water partition coefficient (Wildman–Crippen LogP) is 6.12. The van der Waals surface area contributed by atoms with Crippen molar-refractivity contribution in [2.24, 2.45) is 0 Å². The third-order valence-electron chi connectivity index (χ3n) is 6.82. The molecule has 1 aliphatic rings. The number of hydrogen-bond donors (Lipinski definition) is 1. The summed E-state index contributed by atoms with van der Waals surface area (Å²) in [6, 6.07) is 24.4. The lowest BCUT2D eigenvalue weighted by Gasteiger charge is -2.33. The van der Waals surface area contributed by atoms with Crippen LogP contribution in [0.4, 0.5) is 0 Å². The highest BCUT2D eigenvalue weighted by Crippen LogP contribution is 2.21. The molecule has 0 spiro atoms. The van der Waals surface area contributed by atoms with Crippen molar-refractivity contribution in [1.29, 1.82) is 0 Å². The molecular weight excluding hydrogens is 484 g/mol. The summed E-state index contributed by atoms with van der Waals surface area (Å²) in [6.07, 6.45) is 5.83. The van der Waals surface area contributed by atoms with Crippen molar-refractivity contribution >= 4 is 23.4 Å². The molecule has 3 aromatic rings. The molecule has 5 nitrogen and oxygen atoms in total. The molecule has 1 saturated carbocycles. The van der Waals surface area contributed by atoms with Gasteiger partial charge in [0.2, 0.25) is 5.91 Å². The molecule has 1 aliphatic carbocycles. The molecule has 1 fully saturated rings. The summed E-state index contributed by atoms with van der Waals surface area (Å²) < 4.78 is 5.81. The molecule has 0 aromatic heterocycles. The first-order valence-electron chi connectivity index (χ1n) is 13.1. The summed E-state index contributed by atoms with van der Waals surface area (Å²) in [6.45, 7) is 2.15. The number of nitrogens with one attached hydrogen (secondary N) is 1. The van der Waals surface area contributed by atoms with Crippen molar-refractivity contribution in [3.05, 3.63) is 101 Å². The summed E-state index contributed by atoms with van der Waals surface area (Å²) in [7, 11) is 0. The second kappa shape index (κ2) is 13.3. The maximum Gasteiger partial charge on any atom is 0.261 e. The van der Waals surface area contributed by atoms with Gasteiger partial charge in [-0.2, -0.15) is 0 Å². The van der Waals surface area contributed by atoms with E-state index in [0.717, 1.165) is 42.4 Å². The summed E-state index contributed by atoms with van der Waals surface area (Å²) in [4.78, 5) is 29.2. The Bertz CT molecular complexity index is 1180. The molecule has 37 heavy (non-hydrogen) atoms. The van der Waals surface area contributed by atoms with Crippen LogP contribution in [0.3, 0.4) is 0 Å². The van der Waals surface area contributed by atoms with Crippen LogP contribution in [0.15, 0.2) is 78.9 Å². The predicted molar refractivity (Wildman–Crippen MR) is 148 cm³/mol. The van der Waals surface area contributed by atoms with Gasteiger partial charge in [-0.1, -0.05) is 97.1 Å². The first-order valence-corrected chi connectivity index (χ1v) is 13.4. The lowest BCUT2D eigenvalue weighted by molar-refractivity contribution is -0.143. The van der Waals surface area contributed by atoms with Crippen molar-refractivity contribution in [3.63, 3.8) is 0 Å². The zero-order chi connectivity index (χ0) is 26.0. The van der Waals surface area contributed by atoms with Gasteiger partial charge in [0.05, 0.1) is 0 Å². The molecule has 1 atom stereocenters. The van der Waals surface area contributed by atoms with Gasteiger partial charge in [-0.15, -0.1) is 0 Å². The number of benzene rings is 3. The first kappa shape index (κ1) is 26.7. The van der Waals surface area contributed by atoms with Crippen LogP contribution in [0.5, 0.6) is 5.75 Å². The van der Waals surface area contributed by atoms with Crippen molar-refractivity contribution in [3.8, 4) is 5.75 Å². The standard InChI is InChI=1S/C31H35ClN2O3/c1-23-10-8-13-25(18-23)21-34(30(35)22-37-28-17-9-14-26(32)20-28)29(19-24-11-4-2-5-12-24)31(36)33-27-15-6-3-7-16-27/h2,4-5,8-14,17-18,20,27,29H,3,6-7,15-16,19,21-22H2,1H3,(H,33,36). The Morgan fingerprint density at radius 3 is 2.41 bits per heavy atom. The summed E-state index contributed by atoms with van der Waals surface area (Å²) in [5.74, 6) is 0.156. The summed E-state index contributed by atoms with van der Waals surface area (Å²) in [5, 5.41) is 3.80. The van der Waals surface area contributed by atoms with E-state index in [4.69, 9.17) is 16.3 Å². The number of carbonyl (C=O) groups is 2. The molecule has 194 valence electrons. The van der Waals surface area contributed by atoms with Crippen LogP contribution < -0.4 is 10.1 Å². The quantitative estimate of drug-likeness (QED) is 0.352. The van der Waals surface area contributed by atoms with Crippen LogP contribution in [0.2, 0.25) is 5.02 Å². The average Bonchev–Trinajstić information content (AvgIpc) is 2.90. The normalized spacial score (nSPS) is 14.5. The maximum absolute atomic E-state index is 13.8. The Balaban J connectivity index is 1.61. The van der Waals surface area contributed by atoms with Gasteiger partial charge in [-0.25, -0.2) is 0 Å². The van der Waals surface area contributed by atoms with Crippen LogP contribution in [-0.4, -0.2) is 35.4 Å². The molecule has 2 amide bonds. The molecule has 0 radical (unpaired) electrons.